The monoisotopic (exact) mass is 366 g/mol. The molecular formula is C22H20F2N2O. The maximum Gasteiger partial charge on any atom is 0.230 e. The lowest BCUT2D eigenvalue weighted by molar-refractivity contribution is -0.134. The van der Waals surface area contributed by atoms with Crippen LogP contribution < -0.4 is 5.73 Å². The van der Waals surface area contributed by atoms with Gasteiger partial charge in [0.05, 0.1) is 12.0 Å². The predicted molar refractivity (Wildman–Crippen MR) is 100 cm³/mol. The molecular weight excluding hydrogens is 346 g/mol. The molecule has 2 aromatic carbocycles. The number of rotatable bonds is 3. The first kappa shape index (κ1) is 17.6. The highest BCUT2D eigenvalue weighted by molar-refractivity contribution is 5.86. The molecule has 2 aliphatic rings. The minimum atomic E-state index is -0.502. The Kier molecular flexibility index (Phi) is 4.62. The molecule has 0 fully saturated rings. The zero-order valence-electron chi connectivity index (χ0n) is 14.7. The van der Waals surface area contributed by atoms with Gasteiger partial charge in [-0.25, -0.2) is 8.78 Å². The number of nitrogens with two attached hydrogens (primary N) is 1. The van der Waals surface area contributed by atoms with E-state index in [0.717, 1.165) is 17.7 Å². The molecule has 1 heterocycles. The second-order valence-electron chi connectivity index (χ2n) is 7.03. The number of hydrogen-bond acceptors (Lipinski definition) is 2. The molecule has 0 saturated heterocycles. The summed E-state index contributed by atoms with van der Waals surface area (Å²) >= 11 is 0. The smallest absolute Gasteiger partial charge is 0.230 e. The molecule has 138 valence electrons. The Morgan fingerprint density at radius 2 is 1.85 bits per heavy atom. The van der Waals surface area contributed by atoms with Crippen LogP contribution in [0.2, 0.25) is 0 Å². The Morgan fingerprint density at radius 1 is 1.07 bits per heavy atom. The van der Waals surface area contributed by atoms with Crippen LogP contribution in [0.1, 0.15) is 23.6 Å². The maximum absolute atomic E-state index is 14.3. The first-order valence-corrected chi connectivity index (χ1v) is 8.98. The van der Waals surface area contributed by atoms with Gasteiger partial charge < -0.3 is 10.6 Å². The Hall–Kier alpha value is -2.79. The third-order valence-corrected chi connectivity index (χ3v) is 5.17. The van der Waals surface area contributed by atoms with Gasteiger partial charge in [0.2, 0.25) is 5.91 Å². The Labute approximate surface area is 156 Å². The second kappa shape index (κ2) is 7.08. The van der Waals surface area contributed by atoms with Crippen LogP contribution in [0, 0.1) is 17.6 Å². The molecule has 27 heavy (non-hydrogen) atoms. The van der Waals surface area contributed by atoms with E-state index in [-0.39, 0.29) is 36.0 Å². The molecule has 3 atom stereocenters. The van der Waals surface area contributed by atoms with Crippen molar-refractivity contribution in [3.63, 3.8) is 0 Å². The lowest BCUT2D eigenvalue weighted by Gasteiger charge is -2.27. The molecule has 4 rings (SSSR count). The van der Waals surface area contributed by atoms with Gasteiger partial charge in [0.1, 0.15) is 11.6 Å². The quantitative estimate of drug-likeness (QED) is 0.839. The van der Waals surface area contributed by atoms with E-state index < -0.39 is 11.6 Å². The molecule has 0 radical (unpaired) electrons. The summed E-state index contributed by atoms with van der Waals surface area (Å²) in [5.41, 5.74) is 7.65. The van der Waals surface area contributed by atoms with Gasteiger partial charge in [-0.2, -0.15) is 0 Å². The van der Waals surface area contributed by atoms with Crippen molar-refractivity contribution < 1.29 is 13.6 Å². The fourth-order valence-corrected chi connectivity index (χ4v) is 3.80. The van der Waals surface area contributed by atoms with E-state index >= 15 is 0 Å². The molecule has 1 amide bonds. The summed E-state index contributed by atoms with van der Waals surface area (Å²) in [5, 5.41) is 0. The average Bonchev–Trinajstić information content (AvgIpc) is 3.30. The van der Waals surface area contributed by atoms with Crippen LogP contribution in [0.15, 0.2) is 66.8 Å². The van der Waals surface area contributed by atoms with E-state index in [2.05, 4.69) is 0 Å². The average molecular weight is 366 g/mol. The van der Waals surface area contributed by atoms with Crippen molar-refractivity contribution in [1.29, 1.82) is 0 Å². The summed E-state index contributed by atoms with van der Waals surface area (Å²) in [7, 11) is 0. The first-order chi connectivity index (χ1) is 13.0. The standard InChI is InChI=1S/C22H20F2N2O/c23-17-7-9-20(24)19(12-17)16-11-21(14-4-2-1-3-5-14)26(13-16)22(27)15-6-8-18(25)10-15/h1-9,11-12,15,18,21H,10,13,25H2/t15-,18+,21?/m1/s1. The van der Waals surface area contributed by atoms with Crippen molar-refractivity contribution in [2.45, 2.75) is 18.5 Å². The molecule has 3 nitrogen and oxygen atoms in total. The van der Waals surface area contributed by atoms with Crippen LogP contribution in [0.5, 0.6) is 0 Å². The van der Waals surface area contributed by atoms with Gasteiger partial charge in [0, 0.05) is 18.2 Å². The van der Waals surface area contributed by atoms with E-state index in [9.17, 15) is 13.6 Å². The van der Waals surface area contributed by atoms with Crippen LogP contribution in [-0.4, -0.2) is 23.4 Å². The summed E-state index contributed by atoms with van der Waals surface area (Å²) < 4.78 is 28.0. The molecule has 2 N–H and O–H groups in total. The van der Waals surface area contributed by atoms with Gasteiger partial charge in [0.15, 0.2) is 0 Å². The number of hydrogen-bond donors (Lipinski definition) is 1. The molecule has 0 spiro atoms. The van der Waals surface area contributed by atoms with E-state index in [1.165, 1.54) is 6.07 Å². The summed E-state index contributed by atoms with van der Waals surface area (Å²) in [6, 6.07) is 12.5. The molecule has 5 heteroatoms. The van der Waals surface area contributed by atoms with Gasteiger partial charge in [-0.1, -0.05) is 48.6 Å². The third kappa shape index (κ3) is 3.43. The van der Waals surface area contributed by atoms with E-state index in [4.69, 9.17) is 5.73 Å². The van der Waals surface area contributed by atoms with Gasteiger partial charge >= 0.3 is 0 Å². The molecule has 1 aliphatic heterocycles. The zero-order chi connectivity index (χ0) is 19.0. The summed E-state index contributed by atoms with van der Waals surface area (Å²) in [4.78, 5) is 14.8. The molecule has 1 unspecified atom stereocenters. The highest BCUT2D eigenvalue weighted by atomic mass is 19.1. The van der Waals surface area contributed by atoms with Crippen LogP contribution in [-0.2, 0) is 4.79 Å². The minimum Gasteiger partial charge on any atom is -0.327 e. The van der Waals surface area contributed by atoms with Crippen molar-refractivity contribution in [2.75, 3.05) is 6.54 Å². The first-order valence-electron chi connectivity index (χ1n) is 8.98. The highest BCUT2D eigenvalue weighted by Crippen LogP contribution is 2.37. The number of halogens is 2. The predicted octanol–water partition coefficient (Wildman–Crippen LogP) is 3.84. The highest BCUT2D eigenvalue weighted by Gasteiger charge is 2.35. The Morgan fingerprint density at radius 3 is 2.56 bits per heavy atom. The molecule has 0 bridgehead atoms. The fourth-order valence-electron chi connectivity index (χ4n) is 3.80. The number of carbonyl (C=O) groups excluding carboxylic acids is 1. The minimum absolute atomic E-state index is 0.0453. The molecule has 0 aromatic heterocycles. The van der Waals surface area contributed by atoms with Crippen molar-refractivity contribution in [2.24, 2.45) is 11.7 Å². The number of carbonyl (C=O) groups is 1. The topological polar surface area (TPSA) is 46.3 Å². The molecule has 1 aliphatic carbocycles. The number of benzene rings is 2. The largest absolute Gasteiger partial charge is 0.327 e. The third-order valence-electron chi connectivity index (χ3n) is 5.17. The van der Waals surface area contributed by atoms with Gasteiger partial charge in [-0.15, -0.1) is 0 Å². The Balaban J connectivity index is 1.70. The van der Waals surface area contributed by atoms with Crippen molar-refractivity contribution in [3.05, 3.63) is 89.5 Å². The lowest BCUT2D eigenvalue weighted by atomic mass is 10.0. The fraction of sp³-hybridized carbons (Fsp3) is 0.227. The zero-order valence-corrected chi connectivity index (χ0v) is 14.7. The van der Waals surface area contributed by atoms with Crippen LogP contribution >= 0.6 is 0 Å². The van der Waals surface area contributed by atoms with Crippen molar-refractivity contribution >= 4 is 11.5 Å². The molecule has 2 aromatic rings. The van der Waals surface area contributed by atoms with E-state index in [1.54, 1.807) is 4.90 Å². The normalized spacial score (nSPS) is 24.3. The SMILES string of the molecule is N[C@H]1C=C[C@@H](C(=O)N2CC(c3cc(F)ccc3F)=CC2c2ccccc2)C1. The van der Waals surface area contributed by atoms with Crippen LogP contribution in [0.25, 0.3) is 5.57 Å². The summed E-state index contributed by atoms with van der Waals surface area (Å²) in [6.45, 7) is 0.234. The van der Waals surface area contributed by atoms with Crippen molar-refractivity contribution in [1.82, 2.24) is 4.90 Å². The van der Waals surface area contributed by atoms with Crippen LogP contribution in [0.3, 0.4) is 0 Å². The second-order valence-corrected chi connectivity index (χ2v) is 7.03. The summed E-state index contributed by atoms with van der Waals surface area (Å²) in [6.07, 6.45) is 6.11. The van der Waals surface area contributed by atoms with Gasteiger partial charge in [0.25, 0.3) is 0 Å². The van der Waals surface area contributed by atoms with Gasteiger partial charge in [-0.3, -0.25) is 4.79 Å². The number of amides is 1. The molecule has 0 saturated carbocycles. The van der Waals surface area contributed by atoms with Crippen molar-refractivity contribution in [3.8, 4) is 0 Å². The Bertz CT molecular complexity index is 923. The summed E-state index contributed by atoms with van der Waals surface area (Å²) in [5.74, 6) is -1.32. The van der Waals surface area contributed by atoms with E-state index in [1.807, 2.05) is 48.6 Å². The van der Waals surface area contributed by atoms with Gasteiger partial charge in [-0.05, 0) is 35.8 Å². The maximum atomic E-state index is 14.3. The number of nitrogens with zero attached hydrogens (tertiary/aromatic N) is 1. The lowest BCUT2D eigenvalue weighted by Crippen LogP contribution is -2.36. The van der Waals surface area contributed by atoms with Crippen LogP contribution in [0.4, 0.5) is 8.78 Å². The van der Waals surface area contributed by atoms with E-state index in [0.29, 0.717) is 12.0 Å².